The van der Waals surface area contributed by atoms with Crippen molar-refractivity contribution in [3.05, 3.63) is 54.1 Å². The first-order chi connectivity index (χ1) is 16.1. The zero-order valence-corrected chi connectivity index (χ0v) is 19.6. The Bertz CT molecular complexity index is 1010. The fourth-order valence-electron chi connectivity index (χ4n) is 2.61. The van der Waals surface area contributed by atoms with Crippen LogP contribution in [0.5, 0.6) is 5.75 Å². The highest BCUT2D eigenvalue weighted by molar-refractivity contribution is 6.04. The van der Waals surface area contributed by atoms with Crippen molar-refractivity contribution >= 4 is 35.4 Å². The zero-order chi connectivity index (χ0) is 25.1. The minimum Gasteiger partial charge on any atom is -0.444 e. The molecule has 0 fully saturated rings. The molecule has 2 aromatic rings. The lowest BCUT2D eigenvalue weighted by Gasteiger charge is -2.19. The summed E-state index contributed by atoms with van der Waals surface area (Å²) in [5, 5.41) is 7.97. The number of hydrogen-bond donors (Lipinski definition) is 3. The van der Waals surface area contributed by atoms with Gasteiger partial charge in [0.15, 0.2) is 0 Å². The summed E-state index contributed by atoms with van der Waals surface area (Å²) in [5.74, 6) is -0.440. The summed E-state index contributed by atoms with van der Waals surface area (Å²) in [5.41, 5.74) is 0.689. The van der Waals surface area contributed by atoms with Crippen molar-refractivity contribution in [2.75, 3.05) is 23.8 Å². The summed E-state index contributed by atoms with van der Waals surface area (Å²) in [4.78, 5) is 47.6. The third-order valence-corrected chi connectivity index (χ3v) is 4.00. The van der Waals surface area contributed by atoms with Gasteiger partial charge in [0.25, 0.3) is 5.91 Å². The van der Waals surface area contributed by atoms with Gasteiger partial charge in [0.1, 0.15) is 11.4 Å². The van der Waals surface area contributed by atoms with Crippen LogP contribution in [-0.4, -0.2) is 42.8 Å². The van der Waals surface area contributed by atoms with Crippen molar-refractivity contribution in [2.24, 2.45) is 0 Å². The topological polar surface area (TPSA) is 132 Å². The molecule has 0 aliphatic rings. The largest absolute Gasteiger partial charge is 0.513 e. The molecule has 2 rings (SSSR count). The highest BCUT2D eigenvalue weighted by Crippen LogP contribution is 2.18. The predicted octanol–water partition coefficient (Wildman–Crippen LogP) is 4.33. The van der Waals surface area contributed by atoms with E-state index < -0.39 is 17.8 Å². The maximum Gasteiger partial charge on any atom is 0.513 e. The van der Waals surface area contributed by atoms with Gasteiger partial charge in [0, 0.05) is 29.9 Å². The lowest BCUT2D eigenvalue weighted by Crippen LogP contribution is -2.34. The fraction of sp³-hybridized carbons (Fsp3) is 0.333. The summed E-state index contributed by atoms with van der Waals surface area (Å²) >= 11 is 0. The summed E-state index contributed by atoms with van der Waals surface area (Å²) in [6, 6.07) is 12.6. The van der Waals surface area contributed by atoms with Gasteiger partial charge in [-0.1, -0.05) is 6.07 Å². The van der Waals surface area contributed by atoms with Crippen molar-refractivity contribution in [1.82, 2.24) is 5.32 Å². The molecule has 0 atom stereocenters. The molecule has 0 aliphatic carbocycles. The van der Waals surface area contributed by atoms with Crippen LogP contribution >= 0.6 is 0 Å². The summed E-state index contributed by atoms with van der Waals surface area (Å²) in [7, 11) is 0. The average molecular weight is 472 g/mol. The van der Waals surface area contributed by atoms with Gasteiger partial charge in [-0.3, -0.25) is 9.59 Å². The molecule has 0 aromatic heterocycles. The maximum atomic E-state index is 12.5. The minimum atomic E-state index is -0.820. The SMILES string of the molecule is CCOC(=O)Oc1ccc(C(=O)Nc2cccc(NC(=O)CCNC(=O)OC(C)(C)C)c2)cc1. The van der Waals surface area contributed by atoms with E-state index in [1.165, 1.54) is 24.3 Å². The van der Waals surface area contributed by atoms with E-state index in [0.717, 1.165) is 0 Å². The van der Waals surface area contributed by atoms with Crippen molar-refractivity contribution in [1.29, 1.82) is 0 Å². The quantitative estimate of drug-likeness (QED) is 0.386. The van der Waals surface area contributed by atoms with E-state index in [-0.39, 0.29) is 37.1 Å². The molecule has 3 N–H and O–H groups in total. The molecule has 0 saturated carbocycles. The smallest absolute Gasteiger partial charge is 0.444 e. The Morgan fingerprint density at radius 1 is 0.912 bits per heavy atom. The predicted molar refractivity (Wildman–Crippen MR) is 126 cm³/mol. The molecule has 0 bridgehead atoms. The van der Waals surface area contributed by atoms with Crippen molar-refractivity contribution in [2.45, 2.75) is 39.7 Å². The second-order valence-corrected chi connectivity index (χ2v) is 8.07. The third kappa shape index (κ3) is 9.60. The number of amides is 3. The normalized spacial score (nSPS) is 10.6. The fourth-order valence-corrected chi connectivity index (χ4v) is 2.61. The van der Waals surface area contributed by atoms with Crippen LogP contribution in [-0.2, 0) is 14.3 Å². The van der Waals surface area contributed by atoms with Gasteiger partial charge in [-0.2, -0.15) is 0 Å². The highest BCUT2D eigenvalue weighted by atomic mass is 16.7. The van der Waals surface area contributed by atoms with Crippen molar-refractivity contribution in [3.8, 4) is 5.75 Å². The molecule has 0 radical (unpaired) electrons. The third-order valence-electron chi connectivity index (χ3n) is 4.00. The summed E-state index contributed by atoms with van der Waals surface area (Å²) in [6.45, 7) is 7.23. The Labute approximate surface area is 198 Å². The molecule has 0 spiro atoms. The molecule has 3 amide bonds. The average Bonchev–Trinajstić information content (AvgIpc) is 2.73. The van der Waals surface area contributed by atoms with Gasteiger partial charge >= 0.3 is 12.2 Å². The van der Waals surface area contributed by atoms with Gasteiger partial charge in [0.2, 0.25) is 5.91 Å². The molecule has 2 aromatic carbocycles. The number of hydrogen-bond acceptors (Lipinski definition) is 7. The number of carbonyl (C=O) groups is 4. The van der Waals surface area contributed by atoms with Crippen LogP contribution < -0.4 is 20.7 Å². The van der Waals surface area contributed by atoms with Crippen molar-refractivity contribution < 1.29 is 33.4 Å². The molecular formula is C24H29N3O7. The van der Waals surface area contributed by atoms with Crippen LogP contribution in [0.25, 0.3) is 0 Å². The highest BCUT2D eigenvalue weighted by Gasteiger charge is 2.16. The molecular weight excluding hydrogens is 442 g/mol. The number of carbonyl (C=O) groups excluding carboxylic acids is 4. The monoisotopic (exact) mass is 471 g/mol. The van der Waals surface area contributed by atoms with E-state index in [1.54, 1.807) is 52.0 Å². The van der Waals surface area contributed by atoms with E-state index in [9.17, 15) is 19.2 Å². The molecule has 34 heavy (non-hydrogen) atoms. The lowest BCUT2D eigenvalue weighted by atomic mass is 10.2. The number of benzene rings is 2. The lowest BCUT2D eigenvalue weighted by molar-refractivity contribution is -0.116. The second kappa shape index (κ2) is 12.2. The molecule has 0 heterocycles. The molecule has 182 valence electrons. The first kappa shape index (κ1) is 26.2. The molecule has 10 nitrogen and oxygen atoms in total. The first-order valence-corrected chi connectivity index (χ1v) is 10.7. The van der Waals surface area contributed by atoms with Crippen LogP contribution in [0.15, 0.2) is 48.5 Å². The van der Waals surface area contributed by atoms with E-state index >= 15 is 0 Å². The number of anilines is 2. The van der Waals surface area contributed by atoms with Gasteiger partial charge < -0.3 is 30.2 Å². The number of alkyl carbamates (subject to hydrolysis) is 1. The molecule has 10 heteroatoms. The zero-order valence-electron chi connectivity index (χ0n) is 19.6. The van der Waals surface area contributed by atoms with Gasteiger partial charge in [-0.05, 0) is 70.2 Å². The Morgan fingerprint density at radius 2 is 1.56 bits per heavy atom. The Balaban J connectivity index is 1.85. The Morgan fingerprint density at radius 3 is 2.18 bits per heavy atom. The van der Waals surface area contributed by atoms with Crippen LogP contribution in [0.1, 0.15) is 44.5 Å². The molecule has 0 aliphatic heterocycles. The standard InChI is InChI=1S/C24H29N3O7/c1-5-32-23(31)33-19-11-9-16(10-12-19)21(29)27-18-8-6-7-17(15-18)26-20(28)13-14-25-22(30)34-24(2,3)4/h6-12,15H,5,13-14H2,1-4H3,(H,25,30)(H,26,28)(H,27,29). The van der Waals surface area contributed by atoms with Crippen LogP contribution in [0, 0.1) is 0 Å². The van der Waals surface area contributed by atoms with E-state index in [0.29, 0.717) is 16.9 Å². The minimum absolute atomic E-state index is 0.0516. The van der Waals surface area contributed by atoms with E-state index in [4.69, 9.17) is 14.2 Å². The molecule has 0 saturated heterocycles. The van der Waals surface area contributed by atoms with Crippen LogP contribution in [0.2, 0.25) is 0 Å². The molecule has 0 unspecified atom stereocenters. The van der Waals surface area contributed by atoms with Crippen LogP contribution in [0.3, 0.4) is 0 Å². The number of rotatable bonds is 8. The van der Waals surface area contributed by atoms with E-state index in [1.807, 2.05) is 0 Å². The first-order valence-electron chi connectivity index (χ1n) is 10.7. The van der Waals surface area contributed by atoms with Crippen LogP contribution in [0.4, 0.5) is 21.0 Å². The number of ether oxygens (including phenoxy) is 3. The van der Waals surface area contributed by atoms with E-state index in [2.05, 4.69) is 16.0 Å². The Kier molecular flexibility index (Phi) is 9.42. The van der Waals surface area contributed by atoms with Gasteiger partial charge in [0.05, 0.1) is 6.61 Å². The van der Waals surface area contributed by atoms with Crippen molar-refractivity contribution in [3.63, 3.8) is 0 Å². The summed E-state index contributed by atoms with van der Waals surface area (Å²) < 4.78 is 14.8. The Hall–Kier alpha value is -4.08. The van der Waals surface area contributed by atoms with Gasteiger partial charge in [-0.15, -0.1) is 0 Å². The summed E-state index contributed by atoms with van der Waals surface area (Å²) in [6.07, 6.45) is -1.36. The number of nitrogens with one attached hydrogen (secondary N) is 3. The maximum absolute atomic E-state index is 12.5. The second-order valence-electron chi connectivity index (χ2n) is 8.07. The van der Waals surface area contributed by atoms with Gasteiger partial charge in [-0.25, -0.2) is 9.59 Å².